The first-order valence-corrected chi connectivity index (χ1v) is 10.8. The summed E-state index contributed by atoms with van der Waals surface area (Å²) < 4.78 is 1.62. The highest BCUT2D eigenvalue weighted by atomic mass is 16.6. The summed E-state index contributed by atoms with van der Waals surface area (Å²) in [5.74, 6) is -0.174. The maximum atomic E-state index is 12.7. The second-order valence-electron chi connectivity index (χ2n) is 8.28. The Labute approximate surface area is 187 Å². The molecule has 1 aliphatic rings. The molecule has 166 valence electrons. The number of anilines is 2. The van der Waals surface area contributed by atoms with E-state index >= 15 is 0 Å². The molecular weight excluding hydrogens is 406 g/mol. The van der Waals surface area contributed by atoms with Crippen LogP contribution in [-0.2, 0) is 6.54 Å². The van der Waals surface area contributed by atoms with Crippen molar-refractivity contribution in [1.29, 1.82) is 0 Å². The maximum absolute atomic E-state index is 12.7. The van der Waals surface area contributed by atoms with E-state index in [0.29, 0.717) is 23.5 Å². The van der Waals surface area contributed by atoms with Gasteiger partial charge >= 0.3 is 5.69 Å². The van der Waals surface area contributed by atoms with Gasteiger partial charge in [-0.15, -0.1) is 0 Å². The molecule has 0 atom stereocenters. The first kappa shape index (κ1) is 21.5. The maximum Gasteiger partial charge on any atom is 0.312 e. The number of hydrogen-bond acceptors (Lipinski definition) is 5. The Morgan fingerprint density at radius 1 is 1.09 bits per heavy atom. The number of carbonyl (C=O) groups is 1. The van der Waals surface area contributed by atoms with Crippen molar-refractivity contribution >= 4 is 23.0 Å². The lowest BCUT2D eigenvalue weighted by Gasteiger charge is -2.20. The van der Waals surface area contributed by atoms with Crippen LogP contribution in [0.5, 0.6) is 0 Å². The number of nitrogens with zero attached hydrogens (tertiary/aromatic N) is 4. The Hall–Kier alpha value is -3.68. The molecule has 1 amide bonds. The molecule has 3 aromatic rings. The van der Waals surface area contributed by atoms with Crippen molar-refractivity contribution in [3.05, 3.63) is 80.7 Å². The fourth-order valence-corrected chi connectivity index (χ4v) is 4.29. The first-order chi connectivity index (χ1) is 15.3. The lowest BCUT2D eigenvalue weighted by atomic mass is 10.1. The van der Waals surface area contributed by atoms with Gasteiger partial charge in [-0.3, -0.25) is 19.6 Å². The predicted molar refractivity (Wildman–Crippen MR) is 124 cm³/mol. The van der Waals surface area contributed by atoms with Gasteiger partial charge in [0.05, 0.1) is 11.5 Å². The van der Waals surface area contributed by atoms with E-state index in [9.17, 15) is 14.9 Å². The fourth-order valence-electron chi connectivity index (χ4n) is 4.29. The van der Waals surface area contributed by atoms with Gasteiger partial charge in [0.15, 0.2) is 0 Å². The number of nitrogens with one attached hydrogen (secondary N) is 1. The SMILES string of the molecule is Cc1cc(NC(=O)c2ccc(Cn3nc(C)c([N+](=O)[O-])c3C)cc2)ccc1N1CCCC1. The Bertz CT molecular complexity index is 1160. The highest BCUT2D eigenvalue weighted by molar-refractivity contribution is 6.04. The lowest BCUT2D eigenvalue weighted by Crippen LogP contribution is -2.19. The molecule has 0 saturated carbocycles. The molecule has 0 spiro atoms. The molecule has 1 fully saturated rings. The standard InChI is InChI=1S/C24H27N5O3/c1-16-14-21(10-11-22(16)27-12-4-5-13-27)25-24(30)20-8-6-19(7-9-20)15-28-18(3)23(29(31)32)17(2)26-28/h6-11,14H,4-5,12-13,15H2,1-3H3,(H,25,30). The molecule has 1 N–H and O–H groups in total. The molecule has 0 unspecified atom stereocenters. The van der Waals surface area contributed by atoms with Crippen LogP contribution in [0, 0.1) is 30.9 Å². The summed E-state index contributed by atoms with van der Waals surface area (Å²) in [5, 5.41) is 18.4. The summed E-state index contributed by atoms with van der Waals surface area (Å²) in [5.41, 5.74) is 5.58. The van der Waals surface area contributed by atoms with E-state index in [1.165, 1.54) is 18.5 Å². The van der Waals surface area contributed by atoms with Gasteiger partial charge in [-0.25, -0.2) is 0 Å². The lowest BCUT2D eigenvalue weighted by molar-refractivity contribution is -0.386. The van der Waals surface area contributed by atoms with Gasteiger partial charge in [0, 0.05) is 30.0 Å². The summed E-state index contributed by atoms with van der Waals surface area (Å²) in [7, 11) is 0. The van der Waals surface area contributed by atoms with Crippen molar-refractivity contribution in [2.75, 3.05) is 23.3 Å². The average Bonchev–Trinajstić information content (AvgIpc) is 3.37. The van der Waals surface area contributed by atoms with Crippen molar-refractivity contribution in [2.24, 2.45) is 0 Å². The smallest absolute Gasteiger partial charge is 0.312 e. The van der Waals surface area contributed by atoms with Crippen LogP contribution in [0.25, 0.3) is 0 Å². The molecule has 32 heavy (non-hydrogen) atoms. The highest BCUT2D eigenvalue weighted by Crippen LogP contribution is 2.27. The van der Waals surface area contributed by atoms with E-state index < -0.39 is 4.92 Å². The second-order valence-corrected chi connectivity index (χ2v) is 8.28. The van der Waals surface area contributed by atoms with E-state index in [1.54, 1.807) is 30.7 Å². The summed E-state index contributed by atoms with van der Waals surface area (Å²) in [6.45, 7) is 7.97. The predicted octanol–water partition coefficient (Wildman–Crippen LogP) is 4.62. The van der Waals surface area contributed by atoms with Crippen molar-refractivity contribution in [1.82, 2.24) is 9.78 Å². The van der Waals surface area contributed by atoms with Crippen LogP contribution >= 0.6 is 0 Å². The first-order valence-electron chi connectivity index (χ1n) is 10.8. The normalized spacial score (nSPS) is 13.4. The van der Waals surface area contributed by atoms with Crippen LogP contribution in [0.2, 0.25) is 0 Å². The molecule has 8 heteroatoms. The van der Waals surface area contributed by atoms with Crippen LogP contribution < -0.4 is 10.2 Å². The van der Waals surface area contributed by atoms with E-state index in [0.717, 1.165) is 29.9 Å². The van der Waals surface area contributed by atoms with Crippen molar-refractivity contribution < 1.29 is 9.72 Å². The number of amides is 1. The van der Waals surface area contributed by atoms with Crippen molar-refractivity contribution in [3.63, 3.8) is 0 Å². The molecule has 1 saturated heterocycles. The van der Waals surface area contributed by atoms with Crippen LogP contribution in [0.1, 0.15) is 45.7 Å². The Balaban J connectivity index is 1.43. The van der Waals surface area contributed by atoms with Gasteiger partial charge in [0.25, 0.3) is 5.91 Å². The van der Waals surface area contributed by atoms with E-state index in [-0.39, 0.29) is 11.6 Å². The summed E-state index contributed by atoms with van der Waals surface area (Å²) in [4.78, 5) is 25.9. The minimum atomic E-state index is -0.402. The third-order valence-corrected chi connectivity index (χ3v) is 5.98. The highest BCUT2D eigenvalue weighted by Gasteiger charge is 2.21. The zero-order valence-corrected chi connectivity index (χ0v) is 18.6. The number of nitro groups is 1. The average molecular weight is 434 g/mol. The largest absolute Gasteiger partial charge is 0.371 e. The molecule has 1 aliphatic heterocycles. The van der Waals surface area contributed by atoms with Crippen LogP contribution in [0.3, 0.4) is 0 Å². The molecule has 4 rings (SSSR count). The Kier molecular flexibility index (Phi) is 5.94. The van der Waals surface area contributed by atoms with Gasteiger partial charge in [-0.1, -0.05) is 12.1 Å². The summed E-state index contributed by atoms with van der Waals surface area (Å²) in [6.07, 6.45) is 2.45. The fraction of sp³-hybridized carbons (Fsp3) is 0.333. The van der Waals surface area contributed by atoms with Gasteiger partial charge in [0.2, 0.25) is 0 Å². The van der Waals surface area contributed by atoms with Gasteiger partial charge in [-0.05, 0) is 75.1 Å². The molecule has 1 aromatic heterocycles. The van der Waals surface area contributed by atoms with E-state index in [2.05, 4.69) is 28.3 Å². The van der Waals surface area contributed by atoms with Gasteiger partial charge in [-0.2, -0.15) is 5.10 Å². The topological polar surface area (TPSA) is 93.3 Å². The van der Waals surface area contributed by atoms with Crippen LogP contribution in [0.4, 0.5) is 17.1 Å². The molecule has 2 heterocycles. The van der Waals surface area contributed by atoms with Gasteiger partial charge < -0.3 is 10.2 Å². The molecule has 0 radical (unpaired) electrons. The molecule has 8 nitrogen and oxygen atoms in total. The minimum absolute atomic E-state index is 0.0482. The number of hydrogen-bond donors (Lipinski definition) is 1. The third kappa shape index (κ3) is 4.34. The van der Waals surface area contributed by atoms with E-state index in [4.69, 9.17) is 0 Å². The number of carbonyl (C=O) groups excluding carboxylic acids is 1. The molecule has 2 aromatic carbocycles. The zero-order valence-electron chi connectivity index (χ0n) is 18.6. The van der Waals surface area contributed by atoms with Crippen LogP contribution in [-0.4, -0.2) is 33.7 Å². The Morgan fingerprint density at radius 2 is 1.78 bits per heavy atom. The quantitative estimate of drug-likeness (QED) is 0.452. The van der Waals surface area contributed by atoms with E-state index in [1.807, 2.05) is 24.3 Å². The minimum Gasteiger partial charge on any atom is -0.371 e. The molecule has 0 bridgehead atoms. The number of aryl methyl sites for hydroxylation is 2. The third-order valence-electron chi connectivity index (χ3n) is 5.98. The van der Waals surface area contributed by atoms with Crippen molar-refractivity contribution in [3.8, 4) is 0 Å². The van der Waals surface area contributed by atoms with Crippen molar-refractivity contribution in [2.45, 2.75) is 40.2 Å². The number of benzene rings is 2. The Morgan fingerprint density at radius 3 is 2.38 bits per heavy atom. The number of aromatic nitrogens is 2. The zero-order chi connectivity index (χ0) is 22.8. The van der Waals surface area contributed by atoms with Gasteiger partial charge in [0.1, 0.15) is 11.4 Å². The molecule has 0 aliphatic carbocycles. The second kappa shape index (κ2) is 8.82. The summed E-state index contributed by atoms with van der Waals surface area (Å²) >= 11 is 0. The van der Waals surface area contributed by atoms with Crippen LogP contribution in [0.15, 0.2) is 42.5 Å². The monoisotopic (exact) mass is 433 g/mol. The molecular formula is C24H27N5O3. The number of rotatable bonds is 6. The summed E-state index contributed by atoms with van der Waals surface area (Å²) in [6, 6.07) is 13.2.